The summed E-state index contributed by atoms with van der Waals surface area (Å²) in [7, 11) is 2.97. The summed E-state index contributed by atoms with van der Waals surface area (Å²) in [6, 6.07) is 9.99. The maximum Gasteiger partial charge on any atom is 0.293 e. The Kier molecular flexibility index (Phi) is 12.6. The molecular formula is C46H53ClN10O9. The molecule has 348 valence electrons. The molecule has 1 saturated carbocycles. The van der Waals surface area contributed by atoms with E-state index in [1.54, 1.807) is 29.0 Å². The summed E-state index contributed by atoms with van der Waals surface area (Å²) in [6.07, 6.45) is 5.66. The molecule has 0 radical (unpaired) electrons. The van der Waals surface area contributed by atoms with Crippen molar-refractivity contribution in [2.24, 2.45) is 0 Å². The van der Waals surface area contributed by atoms with E-state index in [0.717, 1.165) is 86.4 Å². The molecule has 9 rings (SSSR count). The predicted molar refractivity (Wildman–Crippen MR) is 245 cm³/mol. The van der Waals surface area contributed by atoms with Gasteiger partial charge in [0.15, 0.2) is 18.2 Å². The predicted octanol–water partition coefficient (Wildman–Crippen LogP) is 3.64. The smallest absolute Gasteiger partial charge is 0.293 e. The fourth-order valence-electron chi connectivity index (χ4n) is 9.61. The first-order valence-electron chi connectivity index (χ1n) is 22.4. The van der Waals surface area contributed by atoms with Gasteiger partial charge in [0.05, 0.1) is 42.2 Å². The number of rotatable bonds is 13. The Labute approximate surface area is 385 Å². The standard InChI is InChI=1S/C46H53ClN10O9/c1-25(2)56-34-6-5-27(17-26(34)18-37(44(56)62)65-24-39(59)48-3)50-41-33(47)23-49-46(52-41)55-11-9-30(10-12-55)66-31-19-28(20-31)53-13-15-54(16-14-53)29-21-32-40(36(22-29)64-4)45(63)57(43(32)61)35-7-8-38(58)51-42(35)60/h5-6,17-18,21-23,25,28,30-31,35H,7-16,19-20,24H2,1-4H3,(H,48,59)(H,49,50,52)(H,51,58,60). The summed E-state index contributed by atoms with van der Waals surface area (Å²) in [5.41, 5.74) is 2.24. The van der Waals surface area contributed by atoms with Crippen LogP contribution in [0.5, 0.6) is 11.5 Å². The summed E-state index contributed by atoms with van der Waals surface area (Å²) >= 11 is 6.60. The molecule has 4 aliphatic heterocycles. The number of aromatic nitrogens is 3. The molecule has 0 spiro atoms. The van der Waals surface area contributed by atoms with Gasteiger partial charge in [-0.1, -0.05) is 11.6 Å². The topological polar surface area (TPSA) is 210 Å². The molecule has 1 aliphatic carbocycles. The van der Waals surface area contributed by atoms with E-state index in [-0.39, 0.29) is 71.8 Å². The third kappa shape index (κ3) is 8.73. The average Bonchev–Trinajstić information content (AvgIpc) is 3.55. The molecule has 1 atom stereocenters. The van der Waals surface area contributed by atoms with Crippen LogP contribution >= 0.6 is 11.6 Å². The number of anilines is 4. The van der Waals surface area contributed by atoms with Crippen LogP contribution in [0.1, 0.15) is 79.1 Å². The molecule has 66 heavy (non-hydrogen) atoms. The largest absolute Gasteiger partial charge is 0.496 e. The number of piperazine rings is 1. The van der Waals surface area contributed by atoms with E-state index in [0.29, 0.717) is 28.5 Å². The first kappa shape index (κ1) is 44.9. The third-order valence-electron chi connectivity index (χ3n) is 13.2. The number of amides is 5. The molecule has 3 N–H and O–H groups in total. The molecule has 4 aromatic rings. The zero-order valence-electron chi connectivity index (χ0n) is 37.3. The Morgan fingerprint density at radius 2 is 1.67 bits per heavy atom. The summed E-state index contributed by atoms with van der Waals surface area (Å²) < 4.78 is 19.5. The number of methoxy groups -OCH3 is 1. The zero-order valence-corrected chi connectivity index (χ0v) is 38.1. The number of pyridine rings is 1. The second kappa shape index (κ2) is 18.5. The highest BCUT2D eigenvalue weighted by atomic mass is 35.5. The van der Waals surface area contributed by atoms with Gasteiger partial charge >= 0.3 is 0 Å². The fraction of sp³-hybridized carbons (Fsp3) is 0.478. The lowest BCUT2D eigenvalue weighted by Crippen LogP contribution is -2.56. The van der Waals surface area contributed by atoms with Gasteiger partial charge in [-0.05, 0) is 76.3 Å². The maximum absolute atomic E-state index is 13.6. The first-order valence-corrected chi connectivity index (χ1v) is 22.8. The molecule has 3 saturated heterocycles. The van der Waals surface area contributed by atoms with Gasteiger partial charge in [0.2, 0.25) is 17.8 Å². The van der Waals surface area contributed by atoms with Crippen LogP contribution in [0.2, 0.25) is 5.02 Å². The van der Waals surface area contributed by atoms with Gasteiger partial charge in [-0.25, -0.2) is 4.98 Å². The Balaban J connectivity index is 0.757. The highest BCUT2D eigenvalue weighted by Crippen LogP contribution is 2.39. The maximum atomic E-state index is 13.6. The van der Waals surface area contributed by atoms with Gasteiger partial charge < -0.3 is 39.2 Å². The van der Waals surface area contributed by atoms with Crippen molar-refractivity contribution >= 4 is 75.2 Å². The van der Waals surface area contributed by atoms with Gasteiger partial charge in [0, 0.05) is 87.6 Å². The van der Waals surface area contributed by atoms with Gasteiger partial charge in [-0.2, -0.15) is 4.98 Å². The van der Waals surface area contributed by atoms with E-state index < -0.39 is 29.7 Å². The minimum absolute atomic E-state index is 0.0531. The Hall–Kier alpha value is -6.31. The molecule has 0 bridgehead atoms. The quantitative estimate of drug-likeness (QED) is 0.164. The molecule has 2 aromatic carbocycles. The van der Waals surface area contributed by atoms with Crippen LogP contribution in [-0.2, 0) is 19.1 Å². The van der Waals surface area contributed by atoms with Crippen molar-refractivity contribution in [2.75, 3.05) is 75.1 Å². The minimum atomic E-state index is -1.04. The molecule has 1 unspecified atom stereocenters. The lowest BCUT2D eigenvalue weighted by molar-refractivity contribution is -0.136. The van der Waals surface area contributed by atoms with E-state index in [4.69, 9.17) is 30.8 Å². The van der Waals surface area contributed by atoms with Crippen molar-refractivity contribution in [2.45, 2.75) is 82.7 Å². The summed E-state index contributed by atoms with van der Waals surface area (Å²) in [6.45, 7) is 8.14. The second-order valence-electron chi connectivity index (χ2n) is 17.6. The number of fused-ring (bicyclic) bond motifs is 2. The van der Waals surface area contributed by atoms with Gasteiger partial charge in [-0.3, -0.25) is 43.9 Å². The van der Waals surface area contributed by atoms with Crippen molar-refractivity contribution in [1.82, 2.24) is 35.0 Å². The van der Waals surface area contributed by atoms with Crippen LogP contribution in [0, 0.1) is 0 Å². The number of likely N-dealkylation sites (N-methyl/N-ethyl adjacent to an activating group) is 1. The molecule has 5 aliphatic rings. The number of carbonyl (C=O) groups excluding carboxylic acids is 5. The number of hydrogen-bond acceptors (Lipinski definition) is 15. The Morgan fingerprint density at radius 1 is 0.909 bits per heavy atom. The highest BCUT2D eigenvalue weighted by Gasteiger charge is 2.47. The Morgan fingerprint density at radius 3 is 2.36 bits per heavy atom. The number of hydrogen-bond donors (Lipinski definition) is 3. The van der Waals surface area contributed by atoms with Crippen molar-refractivity contribution in [3.05, 3.63) is 69.1 Å². The molecule has 4 fully saturated rings. The number of nitrogens with zero attached hydrogens (tertiary/aromatic N) is 7. The van der Waals surface area contributed by atoms with E-state index in [1.807, 2.05) is 32.0 Å². The van der Waals surface area contributed by atoms with Gasteiger partial charge in [0.25, 0.3) is 23.3 Å². The SMILES string of the molecule is CNC(=O)COc1cc2cc(Nc3nc(N4CCC(OC5CC(N6CCN(c7cc(OC)c8c(c7)C(=O)N(C7CCC(=O)NC7=O)C8=O)CC6)C5)CC4)ncc3Cl)ccc2n(C(C)C)c1=O. The van der Waals surface area contributed by atoms with Crippen LogP contribution in [0.25, 0.3) is 10.9 Å². The third-order valence-corrected chi connectivity index (χ3v) is 13.5. The number of ether oxygens (including phenoxy) is 3. The second-order valence-corrected chi connectivity index (χ2v) is 18.0. The first-order chi connectivity index (χ1) is 31.8. The van der Waals surface area contributed by atoms with Crippen LogP contribution < -0.4 is 40.8 Å². The molecule has 19 nitrogen and oxygen atoms in total. The summed E-state index contributed by atoms with van der Waals surface area (Å²) in [4.78, 5) is 93.6. The van der Waals surface area contributed by atoms with E-state index in [1.165, 1.54) is 14.2 Å². The van der Waals surface area contributed by atoms with Gasteiger partial charge in [0.1, 0.15) is 16.8 Å². The monoisotopic (exact) mass is 924 g/mol. The fourth-order valence-corrected chi connectivity index (χ4v) is 9.75. The molecule has 2 aromatic heterocycles. The van der Waals surface area contributed by atoms with Crippen molar-refractivity contribution in [1.29, 1.82) is 0 Å². The molecule has 20 heteroatoms. The highest BCUT2D eigenvalue weighted by molar-refractivity contribution is 6.33. The van der Waals surface area contributed by atoms with E-state index in [2.05, 4.69) is 35.6 Å². The van der Waals surface area contributed by atoms with Crippen LogP contribution in [0.4, 0.5) is 23.1 Å². The minimum Gasteiger partial charge on any atom is -0.496 e. The van der Waals surface area contributed by atoms with Crippen molar-refractivity contribution in [3.63, 3.8) is 0 Å². The molecule has 6 heterocycles. The average molecular weight is 925 g/mol. The van der Waals surface area contributed by atoms with Crippen molar-refractivity contribution in [3.8, 4) is 11.5 Å². The normalized spacial score (nSPS) is 21.5. The number of nitrogens with one attached hydrogen (secondary N) is 3. The summed E-state index contributed by atoms with van der Waals surface area (Å²) in [5, 5.41) is 9.16. The number of imide groups is 2. The van der Waals surface area contributed by atoms with Crippen LogP contribution in [0.15, 0.2) is 47.4 Å². The number of piperidine rings is 2. The van der Waals surface area contributed by atoms with Crippen LogP contribution in [0.3, 0.4) is 0 Å². The van der Waals surface area contributed by atoms with Gasteiger partial charge in [-0.15, -0.1) is 0 Å². The van der Waals surface area contributed by atoms with E-state index >= 15 is 0 Å². The zero-order chi connectivity index (χ0) is 46.4. The lowest BCUT2D eigenvalue weighted by atomic mass is 9.87. The number of halogens is 1. The summed E-state index contributed by atoms with van der Waals surface area (Å²) in [5.74, 6) is -1.17. The van der Waals surface area contributed by atoms with E-state index in [9.17, 15) is 28.8 Å². The molecular weight excluding hydrogens is 872 g/mol. The molecule has 5 amide bonds. The number of benzene rings is 2. The van der Waals surface area contributed by atoms with Crippen molar-refractivity contribution < 1.29 is 38.2 Å². The number of carbonyl (C=O) groups is 5. The Bertz CT molecular complexity index is 2660. The lowest BCUT2D eigenvalue weighted by Gasteiger charge is -2.47. The van der Waals surface area contributed by atoms with Crippen LogP contribution in [-0.4, -0.2) is 138 Å².